The van der Waals surface area contributed by atoms with Gasteiger partial charge in [-0.15, -0.1) is 0 Å². The van der Waals surface area contributed by atoms with Crippen molar-refractivity contribution in [3.63, 3.8) is 0 Å². The van der Waals surface area contributed by atoms with Crippen molar-refractivity contribution in [2.75, 3.05) is 19.8 Å². The van der Waals surface area contributed by atoms with Crippen molar-refractivity contribution in [1.82, 2.24) is 5.09 Å². The smallest absolute Gasteiger partial charge is 0.403 e. The Hall–Kier alpha value is -0.950. The molecule has 0 aromatic carbocycles. The second-order valence-corrected chi connectivity index (χ2v) is 14.7. The molecule has 0 aliphatic heterocycles. The number of nitrogens with one attached hydrogen (secondary N) is 1. The van der Waals surface area contributed by atoms with Crippen LogP contribution in [0.2, 0.25) is 0 Å². The molecule has 0 aliphatic rings. The topological polar surface area (TPSA) is 111 Å². The fourth-order valence-corrected chi connectivity index (χ4v) is 6.48. The van der Waals surface area contributed by atoms with E-state index in [-0.39, 0.29) is 32.1 Å². The van der Waals surface area contributed by atoms with Gasteiger partial charge in [-0.25, -0.2) is 9.65 Å². The molecule has 0 aromatic heterocycles. The number of rotatable bonds is 36. The average molecular weight is 676 g/mol. The van der Waals surface area contributed by atoms with E-state index in [4.69, 9.17) is 14.0 Å². The maximum absolute atomic E-state index is 12.5. The number of hydrogen-bond acceptors (Lipinski definition) is 6. The van der Waals surface area contributed by atoms with Crippen LogP contribution in [0.1, 0.15) is 201 Å². The molecule has 0 bridgehead atoms. The lowest BCUT2D eigenvalue weighted by molar-refractivity contribution is -0.161. The first kappa shape index (κ1) is 45.0. The molecule has 0 spiro atoms. The van der Waals surface area contributed by atoms with E-state index in [2.05, 4.69) is 18.9 Å². The monoisotopic (exact) mass is 676 g/mol. The van der Waals surface area contributed by atoms with Gasteiger partial charge in [0.15, 0.2) is 6.10 Å². The number of hydrogen-bond donors (Lipinski definition) is 2. The van der Waals surface area contributed by atoms with Gasteiger partial charge in [-0.2, -0.15) is 0 Å². The van der Waals surface area contributed by atoms with Crippen LogP contribution >= 0.6 is 7.75 Å². The van der Waals surface area contributed by atoms with Crippen LogP contribution in [0.4, 0.5) is 0 Å². The van der Waals surface area contributed by atoms with Crippen LogP contribution in [-0.2, 0) is 28.2 Å². The Bertz CT molecular complexity index is 737. The van der Waals surface area contributed by atoms with Gasteiger partial charge in [0.25, 0.3) is 0 Å². The lowest BCUT2D eigenvalue weighted by Crippen LogP contribution is -2.30. The van der Waals surface area contributed by atoms with Crippen molar-refractivity contribution in [2.45, 2.75) is 207 Å². The van der Waals surface area contributed by atoms with Crippen LogP contribution in [0.3, 0.4) is 0 Å². The van der Waals surface area contributed by atoms with E-state index in [0.717, 1.165) is 38.5 Å². The molecule has 0 aliphatic carbocycles. The van der Waals surface area contributed by atoms with E-state index in [0.29, 0.717) is 6.42 Å². The molecule has 0 aromatic rings. The van der Waals surface area contributed by atoms with Gasteiger partial charge in [0, 0.05) is 19.4 Å². The van der Waals surface area contributed by atoms with Gasteiger partial charge in [0.1, 0.15) is 6.61 Å². The van der Waals surface area contributed by atoms with Gasteiger partial charge in [0.05, 0.1) is 6.61 Å². The molecule has 274 valence electrons. The molecule has 1 unspecified atom stereocenters. The average Bonchev–Trinajstić information content (AvgIpc) is 3.03. The molecule has 0 saturated heterocycles. The van der Waals surface area contributed by atoms with Crippen molar-refractivity contribution >= 4 is 19.7 Å². The van der Waals surface area contributed by atoms with Crippen LogP contribution in [0.5, 0.6) is 0 Å². The molecule has 46 heavy (non-hydrogen) atoms. The van der Waals surface area contributed by atoms with Crippen molar-refractivity contribution in [3.05, 3.63) is 0 Å². The molecule has 0 rings (SSSR count). The Morgan fingerprint density at radius 3 is 1.26 bits per heavy atom. The number of unbranched alkanes of at least 4 members (excludes halogenated alkanes) is 24. The predicted octanol–water partition coefficient (Wildman–Crippen LogP) is 11.1. The number of carbonyl (C=O) groups excluding carboxylic acids is 2. The minimum absolute atomic E-state index is 0.187. The Morgan fingerprint density at radius 1 is 0.543 bits per heavy atom. The lowest BCUT2D eigenvalue weighted by atomic mass is 10.0. The van der Waals surface area contributed by atoms with Crippen molar-refractivity contribution in [1.29, 1.82) is 0 Å². The molecule has 2 atom stereocenters. The summed E-state index contributed by atoms with van der Waals surface area (Å²) in [4.78, 5) is 34.7. The van der Waals surface area contributed by atoms with Crippen LogP contribution in [-0.4, -0.2) is 42.7 Å². The van der Waals surface area contributed by atoms with E-state index in [1.807, 2.05) is 0 Å². The third-order valence-corrected chi connectivity index (χ3v) is 9.71. The highest BCUT2D eigenvalue weighted by molar-refractivity contribution is 7.50. The molecule has 0 amide bonds. The summed E-state index contributed by atoms with van der Waals surface area (Å²) in [6.07, 6.45) is 31.7. The van der Waals surface area contributed by atoms with Crippen LogP contribution in [0.25, 0.3) is 0 Å². The van der Waals surface area contributed by atoms with Gasteiger partial charge in [0.2, 0.25) is 0 Å². The summed E-state index contributed by atoms with van der Waals surface area (Å²) >= 11 is 0. The lowest BCUT2D eigenvalue weighted by Gasteiger charge is -2.20. The highest BCUT2D eigenvalue weighted by Crippen LogP contribution is 2.36. The molecule has 2 N–H and O–H groups in total. The third kappa shape index (κ3) is 33.0. The molecule has 0 radical (unpaired) electrons. The highest BCUT2D eigenvalue weighted by Gasteiger charge is 2.24. The first-order valence-electron chi connectivity index (χ1n) is 19.4. The van der Waals surface area contributed by atoms with E-state index in [9.17, 15) is 19.0 Å². The maximum Gasteiger partial charge on any atom is 0.403 e. The Labute approximate surface area is 283 Å². The third-order valence-electron chi connectivity index (χ3n) is 8.49. The summed E-state index contributed by atoms with van der Waals surface area (Å²) in [6, 6.07) is 0. The van der Waals surface area contributed by atoms with E-state index in [1.165, 1.54) is 128 Å². The van der Waals surface area contributed by atoms with Crippen molar-refractivity contribution < 1.29 is 33.0 Å². The van der Waals surface area contributed by atoms with Crippen LogP contribution in [0.15, 0.2) is 0 Å². The summed E-state index contributed by atoms with van der Waals surface area (Å²) < 4.78 is 28.0. The molecule has 9 heteroatoms. The first-order valence-corrected chi connectivity index (χ1v) is 21.0. The zero-order valence-electron chi connectivity index (χ0n) is 30.3. The zero-order chi connectivity index (χ0) is 34.0. The normalized spacial score (nSPS) is 13.4. The highest BCUT2D eigenvalue weighted by atomic mass is 31.2. The summed E-state index contributed by atoms with van der Waals surface area (Å²) in [5.41, 5.74) is 0. The SMILES string of the molecule is CCCCCCCCCCCCCCCC(=O)OC[C@H](COP(=O)(O)NCC)OC(=O)CCCCCCCCCCCCCCC. The number of carbonyl (C=O) groups is 2. The van der Waals surface area contributed by atoms with Gasteiger partial charge < -0.3 is 14.4 Å². The standard InChI is InChI=1S/C37H74NO7P/c1-4-7-9-11-13-15-17-19-21-23-25-27-29-31-36(39)43-33-35(34-44-46(41,42)38-6-3)45-37(40)32-30-28-26-24-22-20-18-16-14-12-10-8-5-2/h35H,4-34H2,1-3H3,(H2,38,41,42)/t35-/m1/s1. The molecule has 0 heterocycles. The second-order valence-electron chi connectivity index (χ2n) is 13.1. The molecular weight excluding hydrogens is 601 g/mol. The van der Waals surface area contributed by atoms with Crippen molar-refractivity contribution in [3.8, 4) is 0 Å². The van der Waals surface area contributed by atoms with Crippen LogP contribution < -0.4 is 5.09 Å². The minimum Gasteiger partial charge on any atom is -0.462 e. The second kappa shape index (κ2) is 33.9. The molecule has 0 fully saturated rings. The zero-order valence-corrected chi connectivity index (χ0v) is 31.2. The van der Waals surface area contributed by atoms with Crippen LogP contribution in [0, 0.1) is 0 Å². The fourth-order valence-electron chi connectivity index (χ4n) is 5.62. The fraction of sp³-hybridized carbons (Fsp3) is 0.946. The first-order chi connectivity index (χ1) is 22.3. The minimum atomic E-state index is -4.01. The number of ether oxygens (including phenoxy) is 2. The van der Waals surface area contributed by atoms with Gasteiger partial charge >= 0.3 is 19.7 Å². The van der Waals surface area contributed by atoms with Gasteiger partial charge in [-0.3, -0.25) is 14.1 Å². The van der Waals surface area contributed by atoms with E-state index >= 15 is 0 Å². The largest absolute Gasteiger partial charge is 0.462 e. The van der Waals surface area contributed by atoms with E-state index < -0.39 is 19.8 Å². The van der Waals surface area contributed by atoms with Crippen molar-refractivity contribution in [2.24, 2.45) is 0 Å². The predicted molar refractivity (Wildman–Crippen MR) is 191 cm³/mol. The van der Waals surface area contributed by atoms with Gasteiger partial charge in [-0.1, -0.05) is 175 Å². The quantitative estimate of drug-likeness (QED) is 0.0383. The summed E-state index contributed by atoms with van der Waals surface area (Å²) in [7, 11) is -4.01. The Kier molecular flexibility index (Phi) is 33.2. The molecular formula is C37H74NO7P. The summed E-state index contributed by atoms with van der Waals surface area (Å²) in [5.74, 6) is -0.750. The maximum atomic E-state index is 12.5. The van der Waals surface area contributed by atoms with E-state index in [1.54, 1.807) is 6.92 Å². The van der Waals surface area contributed by atoms with Gasteiger partial charge in [-0.05, 0) is 12.8 Å². The molecule has 0 saturated carbocycles. The Balaban J connectivity index is 4.11. The number of esters is 2. The summed E-state index contributed by atoms with van der Waals surface area (Å²) in [6.45, 7) is 5.94. The Morgan fingerprint density at radius 2 is 0.891 bits per heavy atom. The summed E-state index contributed by atoms with van der Waals surface area (Å²) in [5, 5.41) is 2.38. The molecule has 8 nitrogen and oxygen atoms in total.